The van der Waals surface area contributed by atoms with Crippen LogP contribution in [0.2, 0.25) is 5.02 Å². The van der Waals surface area contributed by atoms with Crippen molar-refractivity contribution >= 4 is 22.5 Å². The van der Waals surface area contributed by atoms with E-state index < -0.39 is 0 Å². The van der Waals surface area contributed by atoms with Crippen molar-refractivity contribution in [2.75, 3.05) is 7.11 Å². The summed E-state index contributed by atoms with van der Waals surface area (Å²) in [5.41, 5.74) is 4.94. The fraction of sp³-hybridized carbons (Fsp3) is 0.143. The first-order valence-electron chi connectivity index (χ1n) is 8.34. The lowest BCUT2D eigenvalue weighted by molar-refractivity contribution is 0.415. The van der Waals surface area contributed by atoms with Crippen LogP contribution in [0.15, 0.2) is 42.5 Å². The normalized spacial score (nSPS) is 11.1. The number of nitrogens with zero attached hydrogens (tertiary/aromatic N) is 3. The Hall–Kier alpha value is -2.92. The van der Waals surface area contributed by atoms with Gasteiger partial charge in [-0.2, -0.15) is 5.10 Å². The summed E-state index contributed by atoms with van der Waals surface area (Å²) in [5, 5.41) is 5.85. The first-order chi connectivity index (χ1) is 13.0. The lowest BCUT2D eigenvalue weighted by Gasteiger charge is -2.13. The lowest BCUT2D eigenvalue weighted by atomic mass is 9.97. The molecule has 1 radical (unpaired) electrons. The van der Waals surface area contributed by atoms with Crippen LogP contribution < -0.4 is 4.74 Å². The van der Waals surface area contributed by atoms with E-state index in [1.807, 2.05) is 36.9 Å². The van der Waals surface area contributed by atoms with Gasteiger partial charge in [-0.25, -0.2) is 9.37 Å². The molecule has 4 nitrogen and oxygen atoms in total. The molecule has 0 aliphatic heterocycles. The Labute approximate surface area is 161 Å². The van der Waals surface area contributed by atoms with Crippen LogP contribution in [-0.4, -0.2) is 21.9 Å². The number of hydrogen-bond acceptors (Lipinski definition) is 3. The molecule has 0 N–H and O–H groups in total. The van der Waals surface area contributed by atoms with E-state index in [4.69, 9.17) is 16.3 Å². The van der Waals surface area contributed by atoms with Crippen molar-refractivity contribution < 1.29 is 9.13 Å². The van der Waals surface area contributed by atoms with E-state index in [1.165, 1.54) is 12.1 Å². The van der Waals surface area contributed by atoms with Gasteiger partial charge in [0.05, 0.1) is 34.4 Å². The van der Waals surface area contributed by atoms with Gasteiger partial charge < -0.3 is 4.74 Å². The predicted octanol–water partition coefficient (Wildman–Crippen LogP) is 5.21. The minimum atomic E-state index is -0.297. The van der Waals surface area contributed by atoms with E-state index in [-0.39, 0.29) is 5.82 Å². The van der Waals surface area contributed by atoms with Crippen LogP contribution in [0.4, 0.5) is 4.39 Å². The topological polar surface area (TPSA) is 39.9 Å². The highest BCUT2D eigenvalue weighted by molar-refractivity contribution is 6.32. The number of methoxy groups -OCH3 is 1. The molecule has 0 saturated heterocycles. The molecule has 2 heterocycles. The van der Waals surface area contributed by atoms with Crippen molar-refractivity contribution in [1.29, 1.82) is 0 Å². The Morgan fingerprint density at radius 1 is 1.11 bits per heavy atom. The second-order valence-corrected chi connectivity index (χ2v) is 6.64. The Bertz CT molecular complexity index is 1150. The largest absolute Gasteiger partial charge is 0.495 e. The second kappa shape index (κ2) is 6.67. The number of aromatic nitrogens is 3. The molecule has 0 bridgehead atoms. The molecule has 2 aromatic carbocycles. The van der Waals surface area contributed by atoms with Gasteiger partial charge in [-0.3, -0.25) is 4.68 Å². The van der Waals surface area contributed by atoms with Crippen molar-refractivity contribution in [1.82, 2.24) is 14.8 Å². The Balaban J connectivity index is 2.07. The highest BCUT2D eigenvalue weighted by Gasteiger charge is 2.19. The number of pyridine rings is 1. The zero-order valence-corrected chi connectivity index (χ0v) is 15.8. The van der Waals surface area contributed by atoms with Gasteiger partial charge in [0.25, 0.3) is 0 Å². The lowest BCUT2D eigenvalue weighted by Crippen LogP contribution is -1.97. The molecule has 135 valence electrons. The Kier molecular flexibility index (Phi) is 4.32. The van der Waals surface area contributed by atoms with Crippen molar-refractivity contribution in [3.8, 4) is 28.1 Å². The van der Waals surface area contributed by atoms with Crippen molar-refractivity contribution in [3.05, 3.63) is 65.2 Å². The zero-order valence-electron chi connectivity index (χ0n) is 15.0. The van der Waals surface area contributed by atoms with Crippen molar-refractivity contribution in [2.45, 2.75) is 6.92 Å². The molecule has 0 aliphatic carbocycles. The Morgan fingerprint density at radius 3 is 2.48 bits per heavy atom. The number of hydrogen-bond donors (Lipinski definition) is 0. The van der Waals surface area contributed by atoms with Crippen LogP contribution in [0.25, 0.3) is 33.3 Å². The minimum Gasteiger partial charge on any atom is -0.495 e. The number of rotatable bonds is 3. The molecule has 0 atom stereocenters. The third-order valence-corrected chi connectivity index (χ3v) is 4.83. The van der Waals surface area contributed by atoms with E-state index in [1.54, 1.807) is 19.2 Å². The highest BCUT2D eigenvalue weighted by atomic mass is 35.5. The first-order valence-corrected chi connectivity index (χ1v) is 8.72. The van der Waals surface area contributed by atoms with Gasteiger partial charge in [0.1, 0.15) is 17.8 Å². The summed E-state index contributed by atoms with van der Waals surface area (Å²) in [4.78, 5) is 4.55. The van der Waals surface area contributed by atoms with Crippen LogP contribution in [0.3, 0.4) is 0 Å². The molecule has 0 aliphatic rings. The summed E-state index contributed by atoms with van der Waals surface area (Å²) in [6.45, 7) is 1.92. The molecule has 27 heavy (non-hydrogen) atoms. The van der Waals surface area contributed by atoms with Crippen LogP contribution >= 0.6 is 11.6 Å². The summed E-state index contributed by atoms with van der Waals surface area (Å²) in [6, 6.07) is 11.8. The van der Waals surface area contributed by atoms with Crippen LogP contribution in [-0.2, 0) is 7.05 Å². The summed E-state index contributed by atoms with van der Waals surface area (Å²) < 4.78 is 20.5. The Morgan fingerprint density at radius 2 is 1.81 bits per heavy atom. The third-order valence-electron chi connectivity index (χ3n) is 4.53. The molecule has 0 saturated carbocycles. The monoisotopic (exact) mass is 380 g/mol. The zero-order chi connectivity index (χ0) is 19.1. The van der Waals surface area contributed by atoms with E-state index in [0.29, 0.717) is 16.5 Å². The maximum Gasteiger partial charge on any atom is 0.137 e. The summed E-state index contributed by atoms with van der Waals surface area (Å²) in [7, 11) is 3.46. The number of aryl methyl sites for hydroxylation is 2. The van der Waals surface area contributed by atoms with E-state index in [2.05, 4.69) is 16.3 Å². The SMILES string of the molecule is COc1ccc(-c2c(-c3ccc(F)cc3)n[c]c3c(C)nn(C)c23)cc1Cl. The molecule has 0 unspecified atom stereocenters. The average Bonchev–Trinajstić information content (AvgIpc) is 2.96. The maximum absolute atomic E-state index is 13.4. The number of halogens is 2. The fourth-order valence-electron chi connectivity index (χ4n) is 3.27. The molecule has 0 fully saturated rings. The van der Waals surface area contributed by atoms with Gasteiger partial charge in [0.15, 0.2) is 0 Å². The fourth-order valence-corrected chi connectivity index (χ4v) is 3.53. The summed E-state index contributed by atoms with van der Waals surface area (Å²) >= 11 is 6.37. The van der Waals surface area contributed by atoms with Gasteiger partial charge in [-0.15, -0.1) is 0 Å². The number of fused-ring (bicyclic) bond motifs is 1. The van der Waals surface area contributed by atoms with Crippen molar-refractivity contribution in [2.24, 2.45) is 7.05 Å². The number of ether oxygens (including phenoxy) is 1. The van der Waals surface area contributed by atoms with Crippen LogP contribution in [0.5, 0.6) is 5.75 Å². The third kappa shape index (κ3) is 2.94. The predicted molar refractivity (Wildman–Crippen MR) is 104 cm³/mol. The molecular weight excluding hydrogens is 365 g/mol. The van der Waals surface area contributed by atoms with Gasteiger partial charge >= 0.3 is 0 Å². The average molecular weight is 381 g/mol. The highest BCUT2D eigenvalue weighted by Crippen LogP contribution is 2.39. The molecule has 0 spiro atoms. The molecule has 4 rings (SSSR count). The second-order valence-electron chi connectivity index (χ2n) is 6.24. The summed E-state index contributed by atoms with van der Waals surface area (Å²) in [6.07, 6.45) is 3.08. The van der Waals surface area contributed by atoms with Crippen LogP contribution in [0.1, 0.15) is 5.69 Å². The minimum absolute atomic E-state index is 0.297. The van der Waals surface area contributed by atoms with E-state index in [9.17, 15) is 4.39 Å². The molecule has 0 amide bonds. The van der Waals surface area contributed by atoms with Crippen LogP contribution in [0, 0.1) is 18.9 Å². The quantitative estimate of drug-likeness (QED) is 0.489. The van der Waals surface area contributed by atoms with Gasteiger partial charge in [-0.1, -0.05) is 17.7 Å². The van der Waals surface area contributed by atoms with Gasteiger partial charge in [-0.05, 0) is 48.9 Å². The molecule has 6 heteroatoms. The summed E-state index contributed by atoms with van der Waals surface area (Å²) in [5.74, 6) is 0.297. The standard InChI is InChI=1S/C21H16ClFN3O/c1-12-16-11-24-20(13-4-7-15(23)8-5-13)19(21(16)26(2)25-12)14-6-9-18(27-3)17(22)10-14/h4-10H,1-3H3. The number of benzene rings is 2. The first kappa shape index (κ1) is 17.5. The van der Waals surface area contributed by atoms with Crippen molar-refractivity contribution in [3.63, 3.8) is 0 Å². The maximum atomic E-state index is 13.4. The van der Waals surface area contributed by atoms with Gasteiger partial charge in [0, 0.05) is 18.2 Å². The smallest absolute Gasteiger partial charge is 0.137 e. The molecular formula is C21H16ClFN3O. The van der Waals surface area contributed by atoms with E-state index in [0.717, 1.165) is 33.3 Å². The van der Waals surface area contributed by atoms with Gasteiger partial charge in [0.2, 0.25) is 0 Å². The van der Waals surface area contributed by atoms with E-state index >= 15 is 0 Å². The molecule has 2 aromatic heterocycles. The molecule has 4 aromatic rings.